The van der Waals surface area contributed by atoms with E-state index in [1.807, 2.05) is 13.8 Å². The molecule has 0 aliphatic carbocycles. The minimum Gasteiger partial charge on any atom is -0.480 e. The lowest BCUT2D eigenvalue weighted by atomic mass is 9.99. The van der Waals surface area contributed by atoms with Gasteiger partial charge in [-0.2, -0.15) is 0 Å². The van der Waals surface area contributed by atoms with Crippen molar-refractivity contribution in [2.24, 2.45) is 0 Å². The van der Waals surface area contributed by atoms with Crippen LogP contribution in [0.3, 0.4) is 0 Å². The molecule has 21 heavy (non-hydrogen) atoms. The van der Waals surface area contributed by atoms with Gasteiger partial charge < -0.3 is 14.9 Å². The van der Waals surface area contributed by atoms with Gasteiger partial charge >= 0.3 is 5.97 Å². The van der Waals surface area contributed by atoms with Crippen LogP contribution in [0.4, 0.5) is 0 Å². The summed E-state index contributed by atoms with van der Waals surface area (Å²) in [4.78, 5) is 38.6. The second-order valence-electron chi connectivity index (χ2n) is 5.65. The van der Waals surface area contributed by atoms with E-state index < -0.39 is 11.5 Å². The second-order valence-corrected chi connectivity index (χ2v) is 5.65. The van der Waals surface area contributed by atoms with Gasteiger partial charge in [-0.3, -0.25) is 9.59 Å². The molecule has 0 aromatic carbocycles. The van der Waals surface area contributed by atoms with Crippen molar-refractivity contribution in [2.45, 2.75) is 58.4 Å². The van der Waals surface area contributed by atoms with E-state index in [-0.39, 0.29) is 18.2 Å². The predicted octanol–water partition coefficient (Wildman–Crippen LogP) is 1.49. The van der Waals surface area contributed by atoms with E-state index >= 15 is 0 Å². The molecule has 1 saturated heterocycles. The standard InChI is InChI=1S/C15H26N2O4/c1-4-16(5-2)12(18)8-6-9-13(19)17-11-7-10-15(17,3)14(20)21/h4-11H2,1-3H3,(H,20,21). The van der Waals surface area contributed by atoms with Crippen molar-refractivity contribution in [3.8, 4) is 0 Å². The van der Waals surface area contributed by atoms with Crippen LogP contribution in [0.2, 0.25) is 0 Å². The molecule has 2 amide bonds. The summed E-state index contributed by atoms with van der Waals surface area (Å²) >= 11 is 0. The van der Waals surface area contributed by atoms with Gasteiger partial charge in [0, 0.05) is 32.5 Å². The monoisotopic (exact) mass is 298 g/mol. The molecular formula is C15H26N2O4. The Morgan fingerprint density at radius 3 is 2.33 bits per heavy atom. The van der Waals surface area contributed by atoms with Crippen LogP contribution in [0, 0.1) is 0 Å². The summed E-state index contributed by atoms with van der Waals surface area (Å²) in [5, 5.41) is 9.29. The molecule has 1 fully saturated rings. The lowest BCUT2D eigenvalue weighted by Gasteiger charge is -2.31. The summed E-state index contributed by atoms with van der Waals surface area (Å²) in [6.07, 6.45) is 2.25. The number of carbonyl (C=O) groups is 3. The van der Waals surface area contributed by atoms with Crippen LogP contribution in [0.5, 0.6) is 0 Å². The van der Waals surface area contributed by atoms with Crippen molar-refractivity contribution < 1.29 is 19.5 Å². The van der Waals surface area contributed by atoms with E-state index in [0.29, 0.717) is 45.3 Å². The molecule has 6 nitrogen and oxygen atoms in total. The van der Waals surface area contributed by atoms with E-state index in [9.17, 15) is 19.5 Å². The number of amides is 2. The molecule has 1 rings (SSSR count). The number of hydrogen-bond acceptors (Lipinski definition) is 3. The van der Waals surface area contributed by atoms with Crippen molar-refractivity contribution >= 4 is 17.8 Å². The molecule has 0 bridgehead atoms. The summed E-state index contributed by atoms with van der Waals surface area (Å²) in [5.41, 5.74) is -1.08. The first kappa shape index (κ1) is 17.5. The molecule has 0 saturated carbocycles. The van der Waals surface area contributed by atoms with Crippen LogP contribution >= 0.6 is 0 Å². The topological polar surface area (TPSA) is 77.9 Å². The molecule has 0 aromatic heterocycles. The average Bonchev–Trinajstić information content (AvgIpc) is 2.83. The summed E-state index contributed by atoms with van der Waals surface area (Å²) < 4.78 is 0. The number of carboxylic acid groups (broad SMARTS) is 1. The molecule has 0 radical (unpaired) electrons. The van der Waals surface area contributed by atoms with Gasteiger partial charge in [-0.05, 0) is 40.0 Å². The minimum absolute atomic E-state index is 0.0511. The third kappa shape index (κ3) is 3.95. The molecule has 1 heterocycles. The third-order valence-corrected chi connectivity index (χ3v) is 4.30. The normalized spacial score (nSPS) is 21.4. The summed E-state index contributed by atoms with van der Waals surface area (Å²) in [6, 6.07) is 0. The molecule has 1 unspecified atom stereocenters. The van der Waals surface area contributed by atoms with Crippen molar-refractivity contribution in [3.63, 3.8) is 0 Å². The number of likely N-dealkylation sites (tertiary alicyclic amines) is 1. The first-order valence-electron chi connectivity index (χ1n) is 7.68. The maximum absolute atomic E-state index is 12.2. The highest BCUT2D eigenvalue weighted by molar-refractivity contribution is 5.87. The van der Waals surface area contributed by atoms with Crippen LogP contribution in [0.1, 0.15) is 52.9 Å². The maximum Gasteiger partial charge on any atom is 0.329 e. The Morgan fingerprint density at radius 1 is 1.19 bits per heavy atom. The molecular weight excluding hydrogens is 272 g/mol. The van der Waals surface area contributed by atoms with Gasteiger partial charge in [0.1, 0.15) is 5.54 Å². The molecule has 0 spiro atoms. The number of carboxylic acids is 1. The Kier molecular flexibility index (Phi) is 6.18. The van der Waals surface area contributed by atoms with Gasteiger partial charge in [0.2, 0.25) is 11.8 Å². The lowest BCUT2D eigenvalue weighted by Crippen LogP contribution is -2.50. The van der Waals surface area contributed by atoms with Crippen LogP contribution in [0.15, 0.2) is 0 Å². The Bertz CT molecular complexity index is 406. The number of rotatable bonds is 7. The van der Waals surface area contributed by atoms with E-state index in [4.69, 9.17) is 0 Å². The zero-order valence-electron chi connectivity index (χ0n) is 13.2. The summed E-state index contributed by atoms with van der Waals surface area (Å²) in [7, 11) is 0. The van der Waals surface area contributed by atoms with Gasteiger partial charge in [-0.25, -0.2) is 4.79 Å². The Morgan fingerprint density at radius 2 is 1.81 bits per heavy atom. The smallest absolute Gasteiger partial charge is 0.329 e. The highest BCUT2D eigenvalue weighted by Gasteiger charge is 2.45. The number of nitrogens with zero attached hydrogens (tertiary/aromatic N) is 2. The highest BCUT2D eigenvalue weighted by Crippen LogP contribution is 2.30. The molecule has 1 N–H and O–H groups in total. The van der Waals surface area contributed by atoms with Gasteiger partial charge in [-0.1, -0.05) is 0 Å². The van der Waals surface area contributed by atoms with Gasteiger partial charge in [-0.15, -0.1) is 0 Å². The molecule has 1 aliphatic heterocycles. The van der Waals surface area contributed by atoms with E-state index in [0.717, 1.165) is 0 Å². The van der Waals surface area contributed by atoms with Gasteiger partial charge in [0.15, 0.2) is 0 Å². The molecule has 120 valence electrons. The highest BCUT2D eigenvalue weighted by atomic mass is 16.4. The fourth-order valence-electron chi connectivity index (χ4n) is 2.85. The van der Waals surface area contributed by atoms with Crippen LogP contribution in [-0.2, 0) is 14.4 Å². The fourth-order valence-corrected chi connectivity index (χ4v) is 2.85. The van der Waals surface area contributed by atoms with Crippen molar-refractivity contribution in [3.05, 3.63) is 0 Å². The zero-order valence-corrected chi connectivity index (χ0v) is 13.2. The van der Waals surface area contributed by atoms with E-state index in [1.54, 1.807) is 11.8 Å². The predicted molar refractivity (Wildman–Crippen MR) is 78.8 cm³/mol. The van der Waals surface area contributed by atoms with Gasteiger partial charge in [0.25, 0.3) is 0 Å². The maximum atomic E-state index is 12.2. The molecule has 6 heteroatoms. The first-order valence-corrected chi connectivity index (χ1v) is 7.68. The number of carbonyl (C=O) groups excluding carboxylic acids is 2. The van der Waals surface area contributed by atoms with Crippen LogP contribution in [-0.4, -0.2) is 57.9 Å². The number of aliphatic carboxylic acids is 1. The van der Waals surface area contributed by atoms with Crippen molar-refractivity contribution in [1.82, 2.24) is 9.80 Å². The second kappa shape index (κ2) is 7.43. The van der Waals surface area contributed by atoms with Crippen LogP contribution in [0.25, 0.3) is 0 Å². The Labute approximate surface area is 126 Å². The van der Waals surface area contributed by atoms with Crippen LogP contribution < -0.4 is 0 Å². The average molecular weight is 298 g/mol. The van der Waals surface area contributed by atoms with E-state index in [1.165, 1.54) is 4.90 Å². The third-order valence-electron chi connectivity index (χ3n) is 4.30. The SMILES string of the molecule is CCN(CC)C(=O)CCCC(=O)N1CCCC1(C)C(=O)O. The lowest BCUT2D eigenvalue weighted by molar-refractivity contribution is -0.155. The van der Waals surface area contributed by atoms with Crippen molar-refractivity contribution in [2.75, 3.05) is 19.6 Å². The Balaban J connectivity index is 2.47. The quantitative estimate of drug-likeness (QED) is 0.772. The zero-order chi connectivity index (χ0) is 16.0. The molecule has 1 atom stereocenters. The summed E-state index contributed by atoms with van der Waals surface area (Å²) in [5.74, 6) is -1.06. The minimum atomic E-state index is -1.08. The first-order chi connectivity index (χ1) is 9.86. The van der Waals surface area contributed by atoms with E-state index in [2.05, 4.69) is 0 Å². The van der Waals surface area contributed by atoms with Gasteiger partial charge in [0.05, 0.1) is 0 Å². The Hall–Kier alpha value is -1.59. The molecule has 0 aromatic rings. The fraction of sp³-hybridized carbons (Fsp3) is 0.800. The number of hydrogen-bond donors (Lipinski definition) is 1. The largest absolute Gasteiger partial charge is 0.480 e. The van der Waals surface area contributed by atoms with Crippen molar-refractivity contribution in [1.29, 1.82) is 0 Å². The summed E-state index contributed by atoms with van der Waals surface area (Å²) in [6.45, 7) is 7.29. The molecule has 1 aliphatic rings.